The van der Waals surface area contributed by atoms with Crippen LogP contribution >= 0.6 is 0 Å². The number of rotatable bonds is 1. The molecule has 1 rings (SSSR count). The summed E-state index contributed by atoms with van der Waals surface area (Å²) in [6, 6.07) is 2.65. The summed E-state index contributed by atoms with van der Waals surface area (Å²) in [5.41, 5.74) is -0.107. The Hall–Kier alpha value is -1.59. The maximum absolute atomic E-state index is 11.7. The van der Waals surface area contributed by atoms with Crippen LogP contribution in [0.3, 0.4) is 0 Å². The van der Waals surface area contributed by atoms with E-state index in [1.165, 1.54) is 18.3 Å². The van der Waals surface area contributed by atoms with E-state index in [1.54, 1.807) is 5.32 Å². The van der Waals surface area contributed by atoms with Crippen LogP contribution in [0.25, 0.3) is 0 Å². The van der Waals surface area contributed by atoms with E-state index in [9.17, 15) is 18.0 Å². The molecule has 1 aromatic heterocycles. The zero-order chi connectivity index (χ0) is 9.90. The lowest BCUT2D eigenvalue weighted by atomic mass is 10.4. The molecule has 6 heteroatoms. The highest BCUT2D eigenvalue weighted by Crippen LogP contribution is 2.17. The molecular formula is C7H4F3N2O. The third-order valence-corrected chi connectivity index (χ3v) is 1.11. The van der Waals surface area contributed by atoms with E-state index < -0.39 is 12.1 Å². The SMILES string of the molecule is O=C(Nc1[c]nccc1)C(F)(F)F. The highest BCUT2D eigenvalue weighted by Gasteiger charge is 2.38. The minimum atomic E-state index is -4.89. The molecule has 0 spiro atoms. The average Bonchev–Trinajstić information content (AvgIpc) is 2.04. The minimum absolute atomic E-state index is 0.107. The van der Waals surface area contributed by atoms with Crippen molar-refractivity contribution in [1.82, 2.24) is 4.98 Å². The lowest BCUT2D eigenvalue weighted by Crippen LogP contribution is -2.29. The molecule has 0 aromatic carbocycles. The van der Waals surface area contributed by atoms with Crippen molar-refractivity contribution in [2.45, 2.75) is 6.18 Å². The van der Waals surface area contributed by atoms with Crippen LogP contribution in [-0.2, 0) is 4.79 Å². The highest BCUT2D eigenvalue weighted by atomic mass is 19.4. The summed E-state index contributed by atoms with van der Waals surface area (Å²) < 4.78 is 35.1. The second kappa shape index (κ2) is 3.42. The molecule has 0 unspecified atom stereocenters. The number of amides is 1. The molecule has 1 aromatic rings. The predicted octanol–water partition coefficient (Wildman–Crippen LogP) is 1.38. The van der Waals surface area contributed by atoms with Gasteiger partial charge in [-0.3, -0.25) is 9.78 Å². The number of nitrogens with one attached hydrogen (secondary N) is 1. The molecule has 0 saturated carbocycles. The zero-order valence-electron chi connectivity index (χ0n) is 6.22. The summed E-state index contributed by atoms with van der Waals surface area (Å²) in [6.45, 7) is 0. The lowest BCUT2D eigenvalue weighted by molar-refractivity contribution is -0.167. The Bertz CT molecular complexity index is 296. The Kier molecular flexibility index (Phi) is 2.50. The van der Waals surface area contributed by atoms with Gasteiger partial charge in [-0.1, -0.05) is 0 Å². The van der Waals surface area contributed by atoms with E-state index >= 15 is 0 Å². The van der Waals surface area contributed by atoms with Crippen molar-refractivity contribution < 1.29 is 18.0 Å². The summed E-state index contributed by atoms with van der Waals surface area (Å²) in [6.07, 6.45) is -1.36. The van der Waals surface area contributed by atoms with Crippen LogP contribution in [0.4, 0.5) is 18.9 Å². The summed E-state index contributed by atoms with van der Waals surface area (Å²) in [5.74, 6) is -2.03. The largest absolute Gasteiger partial charge is 0.471 e. The van der Waals surface area contributed by atoms with E-state index in [1.807, 2.05) is 0 Å². The topological polar surface area (TPSA) is 42.0 Å². The molecule has 0 atom stereocenters. The van der Waals surface area contributed by atoms with Crippen molar-refractivity contribution in [3.05, 3.63) is 24.5 Å². The van der Waals surface area contributed by atoms with Gasteiger partial charge in [0, 0.05) is 6.20 Å². The molecule has 3 nitrogen and oxygen atoms in total. The number of hydrogen-bond acceptors (Lipinski definition) is 2. The molecule has 13 heavy (non-hydrogen) atoms. The van der Waals surface area contributed by atoms with Crippen LogP contribution in [0, 0.1) is 6.20 Å². The quantitative estimate of drug-likeness (QED) is 0.725. The van der Waals surface area contributed by atoms with Crippen molar-refractivity contribution in [3.8, 4) is 0 Å². The summed E-state index contributed by atoms with van der Waals surface area (Å²) in [7, 11) is 0. The normalized spacial score (nSPS) is 11.0. The van der Waals surface area contributed by atoms with Gasteiger partial charge >= 0.3 is 12.1 Å². The fraction of sp³-hybridized carbons (Fsp3) is 0.143. The maximum Gasteiger partial charge on any atom is 0.471 e. The Morgan fingerprint density at radius 3 is 2.69 bits per heavy atom. The lowest BCUT2D eigenvalue weighted by Gasteiger charge is -2.05. The Balaban J connectivity index is 2.66. The first kappa shape index (κ1) is 9.50. The molecule has 0 fully saturated rings. The minimum Gasteiger partial charge on any atom is -0.316 e. The van der Waals surface area contributed by atoms with E-state index in [0.717, 1.165) is 0 Å². The van der Waals surface area contributed by atoms with Crippen LogP contribution in [0.5, 0.6) is 0 Å². The first-order valence-corrected chi connectivity index (χ1v) is 3.21. The van der Waals surface area contributed by atoms with Crippen molar-refractivity contribution in [2.75, 3.05) is 5.32 Å². The summed E-state index contributed by atoms with van der Waals surface area (Å²) in [5, 5.41) is 1.60. The molecular weight excluding hydrogens is 185 g/mol. The van der Waals surface area contributed by atoms with Crippen molar-refractivity contribution >= 4 is 11.6 Å². The molecule has 69 valence electrons. The monoisotopic (exact) mass is 189 g/mol. The molecule has 1 N–H and O–H groups in total. The molecule has 0 bridgehead atoms. The van der Waals surface area contributed by atoms with Crippen LogP contribution < -0.4 is 5.32 Å². The van der Waals surface area contributed by atoms with Crippen molar-refractivity contribution in [1.29, 1.82) is 0 Å². The van der Waals surface area contributed by atoms with Crippen LogP contribution in [0.1, 0.15) is 0 Å². The van der Waals surface area contributed by atoms with Gasteiger partial charge in [0.25, 0.3) is 0 Å². The van der Waals surface area contributed by atoms with Gasteiger partial charge in [0.15, 0.2) is 0 Å². The van der Waals surface area contributed by atoms with Crippen molar-refractivity contribution in [3.63, 3.8) is 0 Å². The number of anilines is 1. The number of nitrogens with zero attached hydrogens (tertiary/aromatic N) is 1. The zero-order valence-corrected chi connectivity index (χ0v) is 6.22. The van der Waals surface area contributed by atoms with E-state index in [-0.39, 0.29) is 5.69 Å². The van der Waals surface area contributed by atoms with E-state index in [0.29, 0.717) is 0 Å². The first-order valence-electron chi connectivity index (χ1n) is 3.21. The third kappa shape index (κ3) is 2.73. The van der Waals surface area contributed by atoms with Crippen molar-refractivity contribution in [2.24, 2.45) is 0 Å². The summed E-state index contributed by atoms with van der Waals surface area (Å²) >= 11 is 0. The second-order valence-electron chi connectivity index (χ2n) is 2.11. The second-order valence-corrected chi connectivity index (χ2v) is 2.11. The number of halogens is 3. The summed E-state index contributed by atoms with van der Waals surface area (Å²) in [4.78, 5) is 13.8. The van der Waals surface area contributed by atoms with Gasteiger partial charge < -0.3 is 5.32 Å². The van der Waals surface area contributed by atoms with Gasteiger partial charge in [-0.25, -0.2) is 0 Å². The Morgan fingerprint density at radius 2 is 2.23 bits per heavy atom. The Morgan fingerprint density at radius 1 is 1.54 bits per heavy atom. The fourth-order valence-corrected chi connectivity index (χ4v) is 0.589. The van der Waals surface area contributed by atoms with Gasteiger partial charge in [0.2, 0.25) is 0 Å². The third-order valence-electron chi connectivity index (χ3n) is 1.11. The number of carbonyl (C=O) groups is 1. The number of carbonyl (C=O) groups excluding carboxylic acids is 1. The number of pyridine rings is 1. The molecule has 0 aliphatic rings. The first-order chi connectivity index (χ1) is 6.00. The molecule has 0 saturated heterocycles. The molecule has 0 aliphatic heterocycles. The van der Waals surface area contributed by atoms with E-state index in [4.69, 9.17) is 0 Å². The molecule has 0 aliphatic carbocycles. The van der Waals surface area contributed by atoms with Gasteiger partial charge in [-0.15, -0.1) is 0 Å². The number of alkyl halides is 3. The van der Waals surface area contributed by atoms with Crippen LogP contribution in [0.2, 0.25) is 0 Å². The number of hydrogen-bond donors (Lipinski definition) is 1. The van der Waals surface area contributed by atoms with Gasteiger partial charge in [-0.2, -0.15) is 13.2 Å². The molecule has 1 radical (unpaired) electrons. The van der Waals surface area contributed by atoms with Crippen LogP contribution in [-0.4, -0.2) is 17.1 Å². The fourth-order valence-electron chi connectivity index (χ4n) is 0.589. The van der Waals surface area contributed by atoms with Gasteiger partial charge in [0.05, 0.1) is 5.69 Å². The highest BCUT2D eigenvalue weighted by molar-refractivity contribution is 5.94. The van der Waals surface area contributed by atoms with Gasteiger partial charge in [0.1, 0.15) is 6.20 Å². The maximum atomic E-state index is 11.7. The smallest absolute Gasteiger partial charge is 0.316 e. The predicted molar refractivity (Wildman–Crippen MR) is 37.8 cm³/mol. The van der Waals surface area contributed by atoms with Gasteiger partial charge in [-0.05, 0) is 12.1 Å². The average molecular weight is 189 g/mol. The molecule has 1 amide bonds. The molecule has 1 heterocycles. The van der Waals surface area contributed by atoms with Crippen LogP contribution in [0.15, 0.2) is 18.3 Å². The number of aromatic nitrogens is 1. The Labute approximate surface area is 71.6 Å². The van der Waals surface area contributed by atoms with E-state index in [2.05, 4.69) is 11.2 Å². The standard InChI is InChI=1S/C7H4F3N2O/c8-7(9,10)6(13)12-5-2-1-3-11-4-5/h1-3H,(H,12,13).